The molecule has 1 heteroatoms. The van der Waals surface area contributed by atoms with Crippen LogP contribution in [0.3, 0.4) is 0 Å². The van der Waals surface area contributed by atoms with Crippen molar-refractivity contribution in [2.75, 3.05) is 0 Å². The Kier molecular flexibility index (Phi) is 9.03. The molecule has 3 aliphatic rings. The molecule has 0 aromatic rings. The molecule has 0 atom stereocenters. The molecule has 0 heterocycles. The number of hydrogen-bond acceptors (Lipinski definition) is 0. The van der Waals surface area contributed by atoms with Gasteiger partial charge in [-0.05, 0) is 107 Å². The Morgan fingerprint density at radius 2 is 1.04 bits per heavy atom. The SMILES string of the molecule is C/C=C/CCC1CCC(C2CCC(C3CCC(C)CC3)CC2)CC1.O. The van der Waals surface area contributed by atoms with E-state index in [4.69, 9.17) is 0 Å². The predicted molar refractivity (Wildman–Crippen MR) is 110 cm³/mol. The molecule has 2 N–H and O–H groups in total. The fourth-order valence-corrected chi connectivity index (χ4v) is 6.29. The highest BCUT2D eigenvalue weighted by molar-refractivity contribution is 4.86. The van der Waals surface area contributed by atoms with Crippen molar-refractivity contribution in [2.24, 2.45) is 35.5 Å². The summed E-state index contributed by atoms with van der Waals surface area (Å²) in [5.74, 6) is 6.45. The number of rotatable bonds is 5. The lowest BCUT2D eigenvalue weighted by Crippen LogP contribution is -2.29. The molecule has 0 aromatic heterocycles. The first kappa shape index (κ1) is 21.0. The molecule has 25 heavy (non-hydrogen) atoms. The van der Waals surface area contributed by atoms with Gasteiger partial charge in [-0.3, -0.25) is 0 Å². The molecule has 0 unspecified atom stereocenters. The van der Waals surface area contributed by atoms with E-state index in [2.05, 4.69) is 26.0 Å². The van der Waals surface area contributed by atoms with E-state index in [0.29, 0.717) is 0 Å². The summed E-state index contributed by atoms with van der Waals surface area (Å²) in [4.78, 5) is 0. The summed E-state index contributed by atoms with van der Waals surface area (Å²) in [6.07, 6.45) is 25.9. The Bertz CT molecular complexity index is 364. The van der Waals surface area contributed by atoms with Crippen molar-refractivity contribution in [1.29, 1.82) is 0 Å². The second kappa shape index (κ2) is 10.8. The van der Waals surface area contributed by atoms with E-state index in [-0.39, 0.29) is 5.48 Å². The van der Waals surface area contributed by atoms with Crippen molar-refractivity contribution in [3.8, 4) is 0 Å². The first-order chi connectivity index (χ1) is 11.8. The first-order valence-corrected chi connectivity index (χ1v) is 11.4. The largest absolute Gasteiger partial charge is 0.412 e. The second-order valence-electron chi connectivity index (χ2n) is 9.62. The predicted octanol–water partition coefficient (Wildman–Crippen LogP) is 6.96. The standard InChI is InChI=1S/C24H42.H2O/c1-3-4-5-6-20-9-13-22(14-10-20)24-17-15-23(16-18-24)21-11-7-19(2)8-12-21;/h3-4,19-24H,5-18H2,1-2H3;1H2/b4-3+;. The summed E-state index contributed by atoms with van der Waals surface area (Å²) < 4.78 is 0. The maximum Gasteiger partial charge on any atom is -0.0348 e. The van der Waals surface area contributed by atoms with Crippen molar-refractivity contribution in [3.63, 3.8) is 0 Å². The van der Waals surface area contributed by atoms with E-state index >= 15 is 0 Å². The summed E-state index contributed by atoms with van der Waals surface area (Å²) in [6.45, 7) is 4.61. The molecule has 3 aliphatic carbocycles. The third-order valence-electron chi connectivity index (χ3n) is 8.08. The summed E-state index contributed by atoms with van der Waals surface area (Å²) >= 11 is 0. The van der Waals surface area contributed by atoms with Gasteiger partial charge in [0.1, 0.15) is 0 Å². The highest BCUT2D eigenvalue weighted by atomic mass is 16.0. The molecule has 3 fully saturated rings. The molecule has 1 nitrogen and oxygen atoms in total. The van der Waals surface area contributed by atoms with Gasteiger partial charge in [-0.2, -0.15) is 0 Å². The van der Waals surface area contributed by atoms with Gasteiger partial charge in [-0.1, -0.05) is 44.8 Å². The number of hydrogen-bond donors (Lipinski definition) is 0. The van der Waals surface area contributed by atoms with Crippen molar-refractivity contribution < 1.29 is 5.48 Å². The molecule has 0 spiro atoms. The highest BCUT2D eigenvalue weighted by Gasteiger charge is 2.34. The van der Waals surface area contributed by atoms with E-state index in [1.54, 1.807) is 51.4 Å². The van der Waals surface area contributed by atoms with Crippen LogP contribution in [-0.2, 0) is 0 Å². The zero-order chi connectivity index (χ0) is 16.8. The van der Waals surface area contributed by atoms with Gasteiger partial charge in [0.15, 0.2) is 0 Å². The van der Waals surface area contributed by atoms with Crippen LogP contribution >= 0.6 is 0 Å². The fourth-order valence-electron chi connectivity index (χ4n) is 6.29. The lowest BCUT2D eigenvalue weighted by atomic mass is 9.65. The van der Waals surface area contributed by atoms with Crippen LogP contribution in [0.2, 0.25) is 0 Å². The average Bonchev–Trinajstić information content (AvgIpc) is 2.63. The Hall–Kier alpha value is -0.300. The van der Waals surface area contributed by atoms with E-state index in [1.807, 2.05) is 0 Å². The lowest BCUT2D eigenvalue weighted by molar-refractivity contribution is 0.105. The minimum atomic E-state index is 0. The monoisotopic (exact) mass is 348 g/mol. The van der Waals surface area contributed by atoms with Crippen LogP contribution in [0.5, 0.6) is 0 Å². The third-order valence-corrected chi connectivity index (χ3v) is 8.08. The highest BCUT2D eigenvalue weighted by Crippen LogP contribution is 2.46. The van der Waals surface area contributed by atoms with Crippen LogP contribution in [0.1, 0.15) is 104 Å². The zero-order valence-electron chi connectivity index (χ0n) is 17.0. The quantitative estimate of drug-likeness (QED) is 0.481. The maximum atomic E-state index is 2.46. The lowest BCUT2D eigenvalue weighted by Gasteiger charge is -2.41. The summed E-state index contributed by atoms with van der Waals surface area (Å²) in [7, 11) is 0. The molecule has 0 saturated heterocycles. The average molecular weight is 349 g/mol. The van der Waals surface area contributed by atoms with Crippen molar-refractivity contribution in [1.82, 2.24) is 0 Å². The fraction of sp³-hybridized carbons (Fsp3) is 0.917. The van der Waals surface area contributed by atoms with Crippen molar-refractivity contribution >= 4 is 0 Å². The van der Waals surface area contributed by atoms with E-state index in [0.717, 1.165) is 35.5 Å². The normalized spacial score (nSPS) is 39.9. The second-order valence-corrected chi connectivity index (χ2v) is 9.62. The molecule has 146 valence electrons. The van der Waals surface area contributed by atoms with Gasteiger partial charge in [0.05, 0.1) is 0 Å². The molecule has 3 rings (SSSR count). The molecular formula is C24H44O. The van der Waals surface area contributed by atoms with Gasteiger partial charge >= 0.3 is 0 Å². The van der Waals surface area contributed by atoms with E-state index < -0.39 is 0 Å². The molecular weight excluding hydrogens is 304 g/mol. The zero-order valence-corrected chi connectivity index (χ0v) is 17.0. The Morgan fingerprint density at radius 3 is 1.48 bits per heavy atom. The summed E-state index contributed by atoms with van der Waals surface area (Å²) in [5.41, 5.74) is 0. The van der Waals surface area contributed by atoms with Gasteiger partial charge in [0.25, 0.3) is 0 Å². The van der Waals surface area contributed by atoms with Crippen molar-refractivity contribution in [3.05, 3.63) is 12.2 Å². The smallest absolute Gasteiger partial charge is 0.0348 e. The maximum absolute atomic E-state index is 2.46. The molecule has 0 aliphatic heterocycles. The molecule has 0 aromatic carbocycles. The molecule has 0 bridgehead atoms. The summed E-state index contributed by atoms with van der Waals surface area (Å²) in [6, 6.07) is 0. The van der Waals surface area contributed by atoms with Crippen molar-refractivity contribution in [2.45, 2.75) is 104 Å². The topological polar surface area (TPSA) is 31.5 Å². The summed E-state index contributed by atoms with van der Waals surface area (Å²) in [5, 5.41) is 0. The van der Waals surface area contributed by atoms with Gasteiger partial charge in [-0.25, -0.2) is 0 Å². The molecule has 0 amide bonds. The number of allylic oxidation sites excluding steroid dienone is 2. The van der Waals surface area contributed by atoms with Crippen LogP contribution in [-0.4, -0.2) is 5.48 Å². The van der Waals surface area contributed by atoms with Crippen LogP contribution in [0.4, 0.5) is 0 Å². The van der Waals surface area contributed by atoms with Crippen LogP contribution in [0.25, 0.3) is 0 Å². The molecule has 0 radical (unpaired) electrons. The van der Waals surface area contributed by atoms with E-state index in [9.17, 15) is 0 Å². The van der Waals surface area contributed by atoms with Gasteiger partial charge in [-0.15, -0.1) is 0 Å². The Balaban J connectivity index is 0.00000225. The minimum absolute atomic E-state index is 0. The molecule has 3 saturated carbocycles. The van der Waals surface area contributed by atoms with Gasteiger partial charge < -0.3 is 5.48 Å². The van der Waals surface area contributed by atoms with E-state index in [1.165, 1.54) is 38.5 Å². The van der Waals surface area contributed by atoms with Gasteiger partial charge in [0, 0.05) is 0 Å². The van der Waals surface area contributed by atoms with Crippen LogP contribution in [0.15, 0.2) is 12.2 Å². The Morgan fingerprint density at radius 1 is 0.640 bits per heavy atom. The van der Waals surface area contributed by atoms with Crippen LogP contribution in [0, 0.1) is 35.5 Å². The third kappa shape index (κ3) is 6.12. The van der Waals surface area contributed by atoms with Gasteiger partial charge in [0.2, 0.25) is 0 Å². The first-order valence-electron chi connectivity index (χ1n) is 11.4. The Labute approximate surface area is 157 Å². The minimum Gasteiger partial charge on any atom is -0.412 e. The van der Waals surface area contributed by atoms with Crippen LogP contribution < -0.4 is 0 Å².